The van der Waals surface area contributed by atoms with Gasteiger partial charge in [-0.2, -0.15) is 10.5 Å². The predicted molar refractivity (Wildman–Crippen MR) is 99.1 cm³/mol. The van der Waals surface area contributed by atoms with Gasteiger partial charge in [0.15, 0.2) is 23.1 Å². The van der Waals surface area contributed by atoms with E-state index < -0.39 is 0 Å². The Morgan fingerprint density at radius 1 is 0.926 bits per heavy atom. The summed E-state index contributed by atoms with van der Waals surface area (Å²) in [5, 5.41) is 18.2. The Morgan fingerprint density at radius 2 is 1.48 bits per heavy atom. The fourth-order valence-electron chi connectivity index (χ4n) is 2.33. The molecule has 1 aliphatic rings. The lowest BCUT2D eigenvalue weighted by Gasteiger charge is -2.21. The van der Waals surface area contributed by atoms with Gasteiger partial charge in [-0.3, -0.25) is 0 Å². The Hall–Kier alpha value is -4.51. The van der Waals surface area contributed by atoms with E-state index in [0.29, 0.717) is 5.57 Å². The van der Waals surface area contributed by atoms with Gasteiger partial charge in [-0.15, -0.1) is 0 Å². The number of aromatic nitrogens is 4. The predicted octanol–water partition coefficient (Wildman–Crippen LogP) is 0.0816. The zero-order valence-electron chi connectivity index (χ0n) is 14.1. The molecule has 2 aromatic heterocycles. The van der Waals surface area contributed by atoms with Gasteiger partial charge in [0, 0.05) is 5.57 Å². The summed E-state index contributed by atoms with van der Waals surface area (Å²) in [6.07, 6.45) is 0. The lowest BCUT2D eigenvalue weighted by molar-refractivity contribution is 1.10. The van der Waals surface area contributed by atoms with E-state index in [4.69, 9.17) is 28.2 Å². The number of hydrogen-bond acceptors (Lipinski definition) is 11. The monoisotopic (exact) mass is 359 g/mol. The minimum absolute atomic E-state index is 0.00155. The third-order valence-electron chi connectivity index (χ3n) is 3.78. The number of hydrogen-bond donors (Lipinski definition) is 4. The first-order valence-electron chi connectivity index (χ1n) is 7.44. The lowest BCUT2D eigenvalue weighted by atomic mass is 9.93. The minimum atomic E-state index is -0.101. The maximum atomic E-state index is 9.21. The van der Waals surface area contributed by atoms with Crippen molar-refractivity contribution in [3.8, 4) is 23.5 Å². The Balaban J connectivity index is 2.42. The van der Waals surface area contributed by atoms with Crippen LogP contribution in [0.4, 0.5) is 17.5 Å². The number of rotatable bonds is 1. The normalized spacial score (nSPS) is 14.6. The van der Waals surface area contributed by atoms with Crippen molar-refractivity contribution >= 4 is 28.7 Å². The largest absolute Gasteiger partial charge is 0.383 e. The zero-order chi connectivity index (χ0) is 19.9. The maximum absolute atomic E-state index is 9.21. The molecule has 0 saturated heterocycles. The molecule has 0 radical (unpaired) electrons. The number of nitriles is 2. The molecule has 0 fully saturated rings. The molecule has 8 N–H and O–H groups in total. The van der Waals surface area contributed by atoms with Crippen LogP contribution in [0.15, 0.2) is 23.0 Å². The highest BCUT2D eigenvalue weighted by atomic mass is 15.0. The molecule has 11 nitrogen and oxygen atoms in total. The number of aliphatic imine (C=N–C) groups is 1. The van der Waals surface area contributed by atoms with Gasteiger partial charge in [-0.05, 0) is 6.92 Å². The number of nitrogens with zero attached hydrogens (tertiary/aromatic N) is 7. The van der Waals surface area contributed by atoms with E-state index in [2.05, 4.69) is 31.5 Å². The quantitative estimate of drug-likeness (QED) is 0.502. The molecule has 0 bridgehead atoms. The molecule has 27 heavy (non-hydrogen) atoms. The van der Waals surface area contributed by atoms with E-state index >= 15 is 0 Å². The molecule has 2 heterocycles. The fraction of sp³-hybridized carbons (Fsp3) is 0.0625. The molecule has 0 atom stereocenters. The standard InChI is InChI=1S/C16H13N11/c1-5(3-17)13(19)24-8-6(2)9-11(27-16(22)15(21)25-9)12-10(8)26-14(20)7(4-18)23-12/h2,19H2,1H3,(H2,20,26)(H2,21,25)(H2,22,27)/b13-5+,24-8+. The summed E-state index contributed by atoms with van der Waals surface area (Å²) in [7, 11) is 0. The molecule has 0 spiro atoms. The fourth-order valence-corrected chi connectivity index (χ4v) is 2.33. The topological polar surface area (TPSA) is 216 Å². The SMILES string of the molecule is C=C1/C(=N\C(N)=C(/C)C#N)c2nc(N)c(C#N)nc2-c2nc(N)c(N)nc21. The Bertz CT molecular complexity index is 1160. The average molecular weight is 359 g/mol. The van der Waals surface area contributed by atoms with Crippen LogP contribution in [0.1, 0.15) is 24.0 Å². The first-order chi connectivity index (χ1) is 12.8. The second kappa shape index (κ2) is 6.09. The van der Waals surface area contributed by atoms with Crippen LogP contribution in [0.25, 0.3) is 17.0 Å². The third kappa shape index (κ3) is 2.65. The van der Waals surface area contributed by atoms with E-state index in [1.165, 1.54) is 6.92 Å². The van der Waals surface area contributed by atoms with Crippen molar-refractivity contribution in [1.29, 1.82) is 10.5 Å². The molecular formula is C16H13N11. The van der Waals surface area contributed by atoms with Crippen LogP contribution >= 0.6 is 0 Å². The van der Waals surface area contributed by atoms with Crippen LogP contribution in [-0.4, -0.2) is 25.6 Å². The van der Waals surface area contributed by atoms with Gasteiger partial charge >= 0.3 is 0 Å². The molecule has 3 rings (SSSR count). The van der Waals surface area contributed by atoms with E-state index in [-0.39, 0.29) is 63.0 Å². The molecular weight excluding hydrogens is 346 g/mol. The number of nitrogen functional groups attached to an aromatic ring is 3. The molecule has 0 saturated carbocycles. The number of allylic oxidation sites excluding steroid dienone is 2. The summed E-state index contributed by atoms with van der Waals surface area (Å²) in [6.45, 7) is 5.46. The van der Waals surface area contributed by atoms with Gasteiger partial charge in [0.1, 0.15) is 40.4 Å². The van der Waals surface area contributed by atoms with Crippen molar-refractivity contribution in [3.05, 3.63) is 35.1 Å². The van der Waals surface area contributed by atoms with Crippen LogP contribution in [0.3, 0.4) is 0 Å². The van der Waals surface area contributed by atoms with Gasteiger partial charge in [-0.25, -0.2) is 24.9 Å². The van der Waals surface area contributed by atoms with Crippen molar-refractivity contribution in [2.24, 2.45) is 10.7 Å². The van der Waals surface area contributed by atoms with Crippen molar-refractivity contribution in [3.63, 3.8) is 0 Å². The molecule has 0 aromatic carbocycles. The van der Waals surface area contributed by atoms with Crippen LogP contribution < -0.4 is 22.9 Å². The average Bonchev–Trinajstić information content (AvgIpc) is 2.65. The summed E-state index contributed by atoms with van der Waals surface area (Å²) >= 11 is 0. The molecule has 0 unspecified atom stereocenters. The molecule has 11 heteroatoms. The number of fused-ring (bicyclic) bond motifs is 3. The van der Waals surface area contributed by atoms with Crippen molar-refractivity contribution in [1.82, 2.24) is 19.9 Å². The molecule has 132 valence electrons. The molecule has 2 aromatic rings. The van der Waals surface area contributed by atoms with E-state index in [1.807, 2.05) is 12.1 Å². The third-order valence-corrected chi connectivity index (χ3v) is 3.78. The maximum Gasteiger partial charge on any atom is 0.183 e. The minimum Gasteiger partial charge on any atom is -0.383 e. The number of anilines is 3. The second-order valence-electron chi connectivity index (χ2n) is 5.52. The van der Waals surface area contributed by atoms with Crippen molar-refractivity contribution < 1.29 is 0 Å². The molecule has 1 aliphatic carbocycles. The van der Waals surface area contributed by atoms with E-state index in [0.717, 1.165) is 0 Å². The summed E-state index contributed by atoms with van der Waals surface area (Å²) in [5.41, 5.74) is 24.6. The first-order valence-corrected chi connectivity index (χ1v) is 7.44. The van der Waals surface area contributed by atoms with Gasteiger partial charge in [0.05, 0.1) is 11.6 Å². The van der Waals surface area contributed by atoms with E-state index in [1.54, 1.807) is 0 Å². The van der Waals surface area contributed by atoms with Crippen LogP contribution in [-0.2, 0) is 0 Å². The van der Waals surface area contributed by atoms with Gasteiger partial charge in [0.2, 0.25) is 0 Å². The Kier molecular flexibility index (Phi) is 3.91. The van der Waals surface area contributed by atoms with Gasteiger partial charge in [0.25, 0.3) is 0 Å². The van der Waals surface area contributed by atoms with Crippen LogP contribution in [0.5, 0.6) is 0 Å². The van der Waals surface area contributed by atoms with Crippen molar-refractivity contribution in [2.45, 2.75) is 6.92 Å². The molecule has 0 aliphatic heterocycles. The highest BCUT2D eigenvalue weighted by molar-refractivity contribution is 6.35. The first kappa shape index (κ1) is 17.3. The smallest absolute Gasteiger partial charge is 0.183 e. The summed E-state index contributed by atoms with van der Waals surface area (Å²) < 4.78 is 0. The van der Waals surface area contributed by atoms with Crippen molar-refractivity contribution in [2.75, 3.05) is 17.2 Å². The van der Waals surface area contributed by atoms with Gasteiger partial charge in [-0.1, -0.05) is 6.58 Å². The highest BCUT2D eigenvalue weighted by Gasteiger charge is 2.32. The van der Waals surface area contributed by atoms with Crippen LogP contribution in [0, 0.1) is 22.7 Å². The Labute approximate surface area is 153 Å². The second-order valence-corrected chi connectivity index (χ2v) is 5.52. The lowest BCUT2D eigenvalue weighted by Crippen LogP contribution is -2.21. The number of nitrogens with two attached hydrogens (primary N) is 4. The highest BCUT2D eigenvalue weighted by Crippen LogP contribution is 2.37. The van der Waals surface area contributed by atoms with Crippen LogP contribution in [0.2, 0.25) is 0 Å². The summed E-state index contributed by atoms with van der Waals surface area (Å²) in [6, 6.07) is 3.76. The van der Waals surface area contributed by atoms with Gasteiger partial charge < -0.3 is 22.9 Å². The molecule has 0 amide bonds. The van der Waals surface area contributed by atoms with E-state index in [9.17, 15) is 5.26 Å². The summed E-state index contributed by atoms with van der Waals surface area (Å²) in [4.78, 5) is 21.1. The Morgan fingerprint density at radius 3 is 2.07 bits per heavy atom. The summed E-state index contributed by atoms with van der Waals surface area (Å²) in [5.74, 6) is -0.150. The zero-order valence-corrected chi connectivity index (χ0v) is 14.1.